The molecule has 1 rings (SSSR count). The third-order valence-corrected chi connectivity index (χ3v) is 2.03. The van der Waals surface area contributed by atoms with Gasteiger partial charge in [-0.05, 0) is 46.3 Å². The van der Waals surface area contributed by atoms with Crippen LogP contribution in [0, 0.1) is 0 Å². The van der Waals surface area contributed by atoms with Gasteiger partial charge in [-0.3, -0.25) is 9.90 Å². The van der Waals surface area contributed by atoms with E-state index in [0.717, 1.165) is 6.61 Å². The molecule has 0 radical (unpaired) electrons. The Morgan fingerprint density at radius 3 is 2.54 bits per heavy atom. The molecular weight excluding hydrogens is 162 g/mol. The second-order valence-electron chi connectivity index (χ2n) is 4.07. The first-order valence-electron chi connectivity index (χ1n) is 4.79. The summed E-state index contributed by atoms with van der Waals surface area (Å²) in [5, 5.41) is 1.99. The molecule has 0 aromatic carbocycles. The predicted octanol–water partition coefficient (Wildman–Crippen LogP) is 2.88. The largest absolute Gasteiger partial charge is 0.269 e. The van der Waals surface area contributed by atoms with Crippen LogP contribution < -0.4 is 0 Å². The highest BCUT2D eigenvalue weighted by atomic mass is 16.7. The first-order valence-corrected chi connectivity index (χ1v) is 4.79. The lowest BCUT2D eigenvalue weighted by atomic mass is 10.1. The summed E-state index contributed by atoms with van der Waals surface area (Å²) < 4.78 is 0. The fourth-order valence-electron chi connectivity index (χ4n) is 1.37. The Bertz CT molecular complexity index is 247. The van der Waals surface area contributed by atoms with Crippen molar-refractivity contribution in [2.24, 2.45) is 0 Å². The zero-order chi connectivity index (χ0) is 10.0. The lowest BCUT2D eigenvalue weighted by Gasteiger charge is -2.33. The van der Waals surface area contributed by atoms with Crippen molar-refractivity contribution in [3.05, 3.63) is 22.9 Å². The molecule has 0 aromatic rings. The first kappa shape index (κ1) is 10.3. The predicted molar refractivity (Wildman–Crippen MR) is 55.1 cm³/mol. The standard InChI is InChI=1S/C11H19NO/c1-8(2)11-6-10(5)7-13-12(11)9(3)4/h6,9H,7H2,1-5H3. The van der Waals surface area contributed by atoms with E-state index in [1.54, 1.807) is 0 Å². The van der Waals surface area contributed by atoms with Gasteiger partial charge in [0.25, 0.3) is 0 Å². The van der Waals surface area contributed by atoms with Gasteiger partial charge in [-0.1, -0.05) is 5.57 Å². The second-order valence-corrected chi connectivity index (χ2v) is 4.07. The molecule has 1 aliphatic rings. The van der Waals surface area contributed by atoms with Gasteiger partial charge in [0.05, 0.1) is 18.3 Å². The van der Waals surface area contributed by atoms with Crippen LogP contribution in [0.1, 0.15) is 34.6 Å². The summed E-state index contributed by atoms with van der Waals surface area (Å²) in [6, 6.07) is 0.397. The smallest absolute Gasteiger partial charge is 0.0960 e. The van der Waals surface area contributed by atoms with Crippen molar-refractivity contribution in [1.29, 1.82) is 0 Å². The number of allylic oxidation sites excluding steroid dienone is 2. The fourth-order valence-corrected chi connectivity index (χ4v) is 1.37. The van der Waals surface area contributed by atoms with Crippen molar-refractivity contribution in [1.82, 2.24) is 5.06 Å². The van der Waals surface area contributed by atoms with Gasteiger partial charge in [0, 0.05) is 0 Å². The topological polar surface area (TPSA) is 12.5 Å². The van der Waals surface area contributed by atoms with E-state index in [2.05, 4.69) is 40.7 Å². The van der Waals surface area contributed by atoms with Crippen LogP contribution in [-0.4, -0.2) is 17.7 Å². The van der Waals surface area contributed by atoms with Gasteiger partial charge in [-0.15, -0.1) is 0 Å². The summed E-state index contributed by atoms with van der Waals surface area (Å²) >= 11 is 0. The van der Waals surface area contributed by atoms with Crippen LogP contribution in [0.25, 0.3) is 0 Å². The maximum Gasteiger partial charge on any atom is 0.0960 e. The average Bonchev–Trinajstić information content (AvgIpc) is 2.03. The molecule has 2 heteroatoms. The summed E-state index contributed by atoms with van der Waals surface area (Å²) in [5.41, 5.74) is 3.79. The Hall–Kier alpha value is -0.760. The summed E-state index contributed by atoms with van der Waals surface area (Å²) in [7, 11) is 0. The lowest BCUT2D eigenvalue weighted by molar-refractivity contribution is -0.146. The monoisotopic (exact) mass is 181 g/mol. The van der Waals surface area contributed by atoms with Crippen molar-refractivity contribution < 1.29 is 4.84 Å². The molecule has 74 valence electrons. The number of hydroxylamine groups is 2. The Labute approximate surface area is 80.8 Å². The normalized spacial score (nSPS) is 17.8. The van der Waals surface area contributed by atoms with Gasteiger partial charge >= 0.3 is 0 Å². The fraction of sp³-hybridized carbons (Fsp3) is 0.636. The molecule has 0 unspecified atom stereocenters. The van der Waals surface area contributed by atoms with E-state index in [1.165, 1.54) is 16.8 Å². The van der Waals surface area contributed by atoms with E-state index >= 15 is 0 Å². The molecule has 13 heavy (non-hydrogen) atoms. The van der Waals surface area contributed by atoms with E-state index < -0.39 is 0 Å². The van der Waals surface area contributed by atoms with Gasteiger partial charge < -0.3 is 0 Å². The van der Waals surface area contributed by atoms with Crippen molar-refractivity contribution in [3.63, 3.8) is 0 Å². The van der Waals surface area contributed by atoms with E-state index in [4.69, 9.17) is 4.84 Å². The van der Waals surface area contributed by atoms with Crippen molar-refractivity contribution in [3.8, 4) is 0 Å². The molecule has 0 spiro atoms. The molecule has 0 bridgehead atoms. The molecule has 0 saturated carbocycles. The zero-order valence-corrected chi connectivity index (χ0v) is 9.22. The minimum Gasteiger partial charge on any atom is -0.269 e. The Morgan fingerprint density at radius 2 is 2.08 bits per heavy atom. The number of nitrogens with zero attached hydrogens (tertiary/aromatic N) is 1. The van der Waals surface area contributed by atoms with E-state index in [0.29, 0.717) is 6.04 Å². The molecule has 2 nitrogen and oxygen atoms in total. The van der Waals surface area contributed by atoms with Crippen LogP contribution in [0.2, 0.25) is 0 Å². The van der Waals surface area contributed by atoms with Gasteiger partial charge in [-0.25, -0.2) is 0 Å². The molecule has 0 atom stereocenters. The highest BCUT2D eigenvalue weighted by Crippen LogP contribution is 2.22. The van der Waals surface area contributed by atoms with Crippen LogP contribution in [0.4, 0.5) is 0 Å². The van der Waals surface area contributed by atoms with Gasteiger partial charge in [0.2, 0.25) is 0 Å². The number of hydrogen-bond acceptors (Lipinski definition) is 2. The summed E-state index contributed by atoms with van der Waals surface area (Å²) in [5.74, 6) is 0. The highest BCUT2D eigenvalue weighted by Gasteiger charge is 2.18. The zero-order valence-electron chi connectivity index (χ0n) is 9.22. The van der Waals surface area contributed by atoms with Gasteiger partial charge in [0.1, 0.15) is 0 Å². The summed E-state index contributed by atoms with van der Waals surface area (Å²) in [4.78, 5) is 5.63. The quantitative estimate of drug-likeness (QED) is 0.616. The number of hydrogen-bond donors (Lipinski definition) is 0. The lowest BCUT2D eigenvalue weighted by Crippen LogP contribution is -2.33. The van der Waals surface area contributed by atoms with Crippen molar-refractivity contribution in [2.45, 2.75) is 40.7 Å². The van der Waals surface area contributed by atoms with Crippen LogP contribution in [0.3, 0.4) is 0 Å². The minimum atomic E-state index is 0.397. The van der Waals surface area contributed by atoms with Gasteiger partial charge in [-0.2, -0.15) is 0 Å². The Balaban J connectivity index is 2.96. The Kier molecular flexibility index (Phi) is 3.15. The molecule has 1 heterocycles. The maximum atomic E-state index is 5.63. The van der Waals surface area contributed by atoms with Gasteiger partial charge in [0.15, 0.2) is 0 Å². The average molecular weight is 181 g/mol. The molecule has 1 aliphatic heterocycles. The van der Waals surface area contributed by atoms with E-state index in [9.17, 15) is 0 Å². The van der Waals surface area contributed by atoms with Crippen LogP contribution >= 0.6 is 0 Å². The van der Waals surface area contributed by atoms with Crippen molar-refractivity contribution in [2.75, 3.05) is 6.61 Å². The molecule has 0 saturated heterocycles. The third kappa shape index (κ3) is 2.34. The highest BCUT2D eigenvalue weighted by molar-refractivity contribution is 5.27. The first-order chi connectivity index (χ1) is 6.02. The third-order valence-electron chi connectivity index (χ3n) is 2.03. The molecule has 0 N–H and O–H groups in total. The molecule has 0 fully saturated rings. The maximum absolute atomic E-state index is 5.63. The second kappa shape index (κ2) is 3.97. The SMILES string of the molecule is CC1=CC(=C(C)C)N(C(C)C)OC1. The van der Waals surface area contributed by atoms with Crippen molar-refractivity contribution >= 4 is 0 Å². The van der Waals surface area contributed by atoms with Crippen LogP contribution in [0.5, 0.6) is 0 Å². The molecule has 0 amide bonds. The van der Waals surface area contributed by atoms with E-state index in [-0.39, 0.29) is 0 Å². The summed E-state index contributed by atoms with van der Waals surface area (Å²) in [6.07, 6.45) is 2.21. The minimum absolute atomic E-state index is 0.397. The molecular formula is C11H19NO. The molecule has 0 aromatic heterocycles. The van der Waals surface area contributed by atoms with Crippen LogP contribution in [-0.2, 0) is 4.84 Å². The van der Waals surface area contributed by atoms with E-state index in [1.807, 2.05) is 5.06 Å². The van der Waals surface area contributed by atoms with Crippen LogP contribution in [0.15, 0.2) is 22.9 Å². The Morgan fingerprint density at radius 1 is 1.46 bits per heavy atom. The molecule has 0 aliphatic carbocycles. The summed E-state index contributed by atoms with van der Waals surface area (Å²) in [6.45, 7) is 11.3. The number of rotatable bonds is 1.